The molecule has 1 nitrogen and oxygen atoms in total. The Morgan fingerprint density at radius 3 is 2.50 bits per heavy atom. The number of hydrogen-bond acceptors (Lipinski definition) is 2. The third-order valence-electron chi connectivity index (χ3n) is 2.14. The molecule has 79 valence electrons. The molecular weight excluding hydrogens is 216 g/mol. The Kier molecular flexibility index (Phi) is 3.67. The molecule has 0 bridgehead atoms. The summed E-state index contributed by atoms with van der Waals surface area (Å²) in [6, 6.07) is 20.4. The van der Waals surface area contributed by atoms with Crippen molar-refractivity contribution in [3.8, 4) is 5.75 Å². The molecule has 2 aromatic carbocycles. The van der Waals surface area contributed by atoms with Gasteiger partial charge < -0.3 is 4.74 Å². The van der Waals surface area contributed by atoms with Gasteiger partial charge in [0.05, 0.1) is 4.86 Å². The van der Waals surface area contributed by atoms with Crippen LogP contribution in [0.2, 0.25) is 0 Å². The minimum Gasteiger partial charge on any atom is -0.487 e. The van der Waals surface area contributed by atoms with Crippen LogP contribution in [-0.2, 0) is 0 Å². The van der Waals surface area contributed by atoms with Crippen LogP contribution in [0, 0.1) is 6.07 Å². The fourth-order valence-corrected chi connectivity index (χ4v) is 1.51. The van der Waals surface area contributed by atoms with Crippen LogP contribution in [0.1, 0.15) is 5.56 Å². The molecule has 0 heterocycles. The summed E-state index contributed by atoms with van der Waals surface area (Å²) in [6.07, 6.45) is 0. The van der Waals surface area contributed by atoms with Gasteiger partial charge in [0.2, 0.25) is 0 Å². The van der Waals surface area contributed by atoms with Gasteiger partial charge in [-0.15, -0.1) is 0 Å². The molecule has 2 heteroatoms. The third-order valence-corrected chi connectivity index (χ3v) is 2.49. The maximum Gasteiger partial charge on any atom is 0.127 e. The summed E-state index contributed by atoms with van der Waals surface area (Å²) in [4.78, 5) is 0.804. The molecule has 0 unspecified atom stereocenters. The number of ether oxygens (including phenoxy) is 1. The molecule has 0 spiro atoms. The van der Waals surface area contributed by atoms with Gasteiger partial charge in [-0.2, -0.15) is 0 Å². The summed E-state index contributed by atoms with van der Waals surface area (Å²) in [5.74, 6) is 0.723. The minimum absolute atomic E-state index is 0.417. The van der Waals surface area contributed by atoms with E-state index in [1.165, 1.54) is 0 Å². The average Bonchev–Trinajstić information content (AvgIpc) is 2.38. The lowest BCUT2D eigenvalue weighted by molar-refractivity contribution is 0.378. The summed E-state index contributed by atoms with van der Waals surface area (Å²) < 4.78 is 5.53. The van der Waals surface area contributed by atoms with E-state index in [0.29, 0.717) is 6.61 Å². The fraction of sp³-hybridized carbons (Fsp3) is 0.0714. The largest absolute Gasteiger partial charge is 0.487 e. The van der Waals surface area contributed by atoms with Gasteiger partial charge in [0, 0.05) is 6.07 Å². The Bertz CT molecular complexity index is 451. The van der Waals surface area contributed by atoms with E-state index in [2.05, 4.69) is 6.07 Å². The van der Waals surface area contributed by atoms with Crippen molar-refractivity contribution in [1.29, 1.82) is 0 Å². The smallest absolute Gasteiger partial charge is 0.127 e. The van der Waals surface area contributed by atoms with Gasteiger partial charge in [0.15, 0.2) is 0 Å². The highest BCUT2D eigenvalue weighted by molar-refractivity contribution is 7.80. The van der Waals surface area contributed by atoms with E-state index < -0.39 is 0 Å². The zero-order chi connectivity index (χ0) is 11.2. The highest BCUT2D eigenvalue weighted by Crippen LogP contribution is 2.09. The highest BCUT2D eigenvalue weighted by Gasteiger charge is 2.01. The van der Waals surface area contributed by atoms with Crippen molar-refractivity contribution in [2.45, 2.75) is 0 Å². The van der Waals surface area contributed by atoms with Crippen LogP contribution in [0.4, 0.5) is 0 Å². The molecule has 0 saturated heterocycles. The first-order valence-corrected chi connectivity index (χ1v) is 5.45. The van der Waals surface area contributed by atoms with Crippen molar-refractivity contribution >= 4 is 17.1 Å². The Labute approximate surface area is 101 Å². The SMILES string of the molecule is S=C(COc1[c]cccc1)c1ccccc1. The molecular formula is C14H11OS. The number of benzene rings is 2. The van der Waals surface area contributed by atoms with Crippen molar-refractivity contribution < 1.29 is 4.74 Å². The predicted molar refractivity (Wildman–Crippen MR) is 68.9 cm³/mol. The van der Waals surface area contributed by atoms with Crippen LogP contribution in [0.3, 0.4) is 0 Å². The van der Waals surface area contributed by atoms with Gasteiger partial charge in [-0.1, -0.05) is 60.7 Å². The molecule has 16 heavy (non-hydrogen) atoms. The molecule has 0 aliphatic rings. The molecule has 0 amide bonds. The normalized spacial score (nSPS) is 9.75. The number of rotatable bonds is 4. The molecule has 0 aliphatic heterocycles. The van der Waals surface area contributed by atoms with Gasteiger partial charge in [0.1, 0.15) is 12.4 Å². The average molecular weight is 227 g/mol. The van der Waals surface area contributed by atoms with E-state index in [1.54, 1.807) is 0 Å². The lowest BCUT2D eigenvalue weighted by Crippen LogP contribution is -2.10. The Morgan fingerprint density at radius 2 is 1.81 bits per heavy atom. The summed E-state index contributed by atoms with van der Waals surface area (Å²) in [7, 11) is 0. The van der Waals surface area contributed by atoms with E-state index in [9.17, 15) is 0 Å². The number of para-hydroxylation sites is 1. The third kappa shape index (κ3) is 2.91. The monoisotopic (exact) mass is 227 g/mol. The topological polar surface area (TPSA) is 9.23 Å². The standard InChI is InChI=1S/C14H11OS/c16-14(12-7-3-1-4-8-12)11-15-13-9-5-2-6-10-13/h1-9H,11H2. The van der Waals surface area contributed by atoms with Crippen molar-refractivity contribution in [3.63, 3.8) is 0 Å². The van der Waals surface area contributed by atoms with E-state index in [-0.39, 0.29) is 0 Å². The number of thiocarbonyl (C=S) groups is 1. The quantitative estimate of drug-likeness (QED) is 0.585. The van der Waals surface area contributed by atoms with Crippen LogP contribution in [0.15, 0.2) is 54.6 Å². The van der Waals surface area contributed by atoms with Crippen molar-refractivity contribution in [3.05, 3.63) is 66.2 Å². The summed E-state index contributed by atoms with van der Waals surface area (Å²) in [5, 5.41) is 0. The van der Waals surface area contributed by atoms with Crippen molar-refractivity contribution in [1.82, 2.24) is 0 Å². The van der Waals surface area contributed by atoms with Crippen molar-refractivity contribution in [2.24, 2.45) is 0 Å². The maximum atomic E-state index is 5.53. The van der Waals surface area contributed by atoms with Gasteiger partial charge >= 0.3 is 0 Å². The van der Waals surface area contributed by atoms with Gasteiger partial charge in [-0.3, -0.25) is 0 Å². The predicted octanol–water partition coefficient (Wildman–Crippen LogP) is 3.28. The number of hydrogen-bond donors (Lipinski definition) is 0. The lowest BCUT2D eigenvalue weighted by atomic mass is 10.2. The molecule has 0 atom stereocenters. The highest BCUT2D eigenvalue weighted by atomic mass is 32.1. The molecule has 1 radical (unpaired) electrons. The second kappa shape index (κ2) is 5.42. The first-order chi connectivity index (χ1) is 7.86. The second-order valence-electron chi connectivity index (χ2n) is 3.30. The Morgan fingerprint density at radius 1 is 1.06 bits per heavy atom. The van der Waals surface area contributed by atoms with Gasteiger partial charge in [-0.25, -0.2) is 0 Å². The van der Waals surface area contributed by atoms with Crippen LogP contribution in [0.5, 0.6) is 5.75 Å². The zero-order valence-corrected chi connectivity index (χ0v) is 9.54. The zero-order valence-electron chi connectivity index (χ0n) is 8.72. The minimum atomic E-state index is 0.417. The summed E-state index contributed by atoms with van der Waals surface area (Å²) in [6.45, 7) is 0.417. The maximum absolute atomic E-state index is 5.53. The van der Waals surface area contributed by atoms with Gasteiger partial charge in [-0.05, 0) is 11.6 Å². The Hall–Kier alpha value is -1.67. The summed E-state index contributed by atoms with van der Waals surface area (Å²) >= 11 is 5.28. The molecule has 0 saturated carbocycles. The first kappa shape index (κ1) is 10.8. The van der Waals surface area contributed by atoms with E-state index in [4.69, 9.17) is 17.0 Å². The van der Waals surface area contributed by atoms with E-state index in [1.807, 2.05) is 54.6 Å². The van der Waals surface area contributed by atoms with Crippen LogP contribution >= 0.6 is 12.2 Å². The fourth-order valence-electron chi connectivity index (χ4n) is 1.32. The first-order valence-electron chi connectivity index (χ1n) is 5.04. The lowest BCUT2D eigenvalue weighted by Gasteiger charge is -2.06. The second-order valence-corrected chi connectivity index (χ2v) is 3.80. The van der Waals surface area contributed by atoms with Crippen molar-refractivity contribution in [2.75, 3.05) is 6.61 Å². The molecule has 2 rings (SSSR count). The Balaban J connectivity index is 1.95. The van der Waals surface area contributed by atoms with E-state index >= 15 is 0 Å². The molecule has 0 N–H and O–H groups in total. The van der Waals surface area contributed by atoms with Gasteiger partial charge in [0.25, 0.3) is 0 Å². The molecule has 2 aromatic rings. The van der Waals surface area contributed by atoms with Crippen LogP contribution in [-0.4, -0.2) is 11.5 Å². The molecule has 0 aliphatic carbocycles. The summed E-state index contributed by atoms with van der Waals surface area (Å²) in [5.41, 5.74) is 1.04. The van der Waals surface area contributed by atoms with E-state index in [0.717, 1.165) is 16.2 Å². The van der Waals surface area contributed by atoms with Crippen LogP contribution < -0.4 is 4.74 Å². The molecule has 0 aromatic heterocycles. The van der Waals surface area contributed by atoms with Crippen LogP contribution in [0.25, 0.3) is 0 Å². The molecule has 0 fully saturated rings.